The summed E-state index contributed by atoms with van der Waals surface area (Å²) in [6.07, 6.45) is 5.05. The van der Waals surface area contributed by atoms with Gasteiger partial charge in [-0.1, -0.05) is 44.9 Å². The van der Waals surface area contributed by atoms with Gasteiger partial charge in [-0.2, -0.15) is 0 Å². The van der Waals surface area contributed by atoms with Gasteiger partial charge in [0.2, 0.25) is 0 Å². The summed E-state index contributed by atoms with van der Waals surface area (Å²) in [6.45, 7) is 8.84. The lowest BCUT2D eigenvalue weighted by Crippen LogP contribution is -2.02. The van der Waals surface area contributed by atoms with Crippen LogP contribution in [0.1, 0.15) is 62.3 Å². The predicted molar refractivity (Wildman–Crippen MR) is 83.8 cm³/mol. The van der Waals surface area contributed by atoms with E-state index in [-0.39, 0.29) is 0 Å². The summed E-state index contributed by atoms with van der Waals surface area (Å²) in [6, 6.07) is 8.86. The highest BCUT2D eigenvalue weighted by Gasteiger charge is 2.15. The molecule has 0 radical (unpaired) electrons. The van der Waals surface area contributed by atoms with E-state index in [2.05, 4.69) is 52.0 Å². The molecule has 102 valence electrons. The van der Waals surface area contributed by atoms with E-state index in [1.807, 2.05) is 0 Å². The summed E-state index contributed by atoms with van der Waals surface area (Å²) in [5.41, 5.74) is 5.13. The van der Waals surface area contributed by atoms with E-state index < -0.39 is 0 Å². The summed E-state index contributed by atoms with van der Waals surface area (Å²) < 4.78 is 0. The molecule has 0 amide bonds. The van der Waals surface area contributed by atoms with Gasteiger partial charge in [0.25, 0.3) is 0 Å². The van der Waals surface area contributed by atoms with Crippen molar-refractivity contribution in [1.29, 1.82) is 0 Å². The summed E-state index contributed by atoms with van der Waals surface area (Å²) in [5.74, 6) is 0.681. The quantitative estimate of drug-likeness (QED) is 0.684. The Morgan fingerprint density at radius 3 is 2.37 bits per heavy atom. The topological polar surface area (TPSA) is 12.9 Å². The van der Waals surface area contributed by atoms with Gasteiger partial charge < -0.3 is 0 Å². The number of aryl methyl sites for hydroxylation is 2. The number of hydrogen-bond acceptors (Lipinski definition) is 1. The lowest BCUT2D eigenvalue weighted by molar-refractivity contribution is 0.563. The molecule has 19 heavy (non-hydrogen) atoms. The molecule has 0 spiro atoms. The highest BCUT2D eigenvalue weighted by atomic mass is 14.7. The van der Waals surface area contributed by atoms with Crippen LogP contribution in [0, 0.1) is 13.8 Å². The smallest absolute Gasteiger partial charge is 0.0737 e. The molecule has 2 rings (SSSR count). The van der Waals surface area contributed by atoms with Crippen molar-refractivity contribution in [3.05, 3.63) is 41.1 Å². The number of rotatable bonds is 5. The van der Waals surface area contributed by atoms with Crippen molar-refractivity contribution in [3.63, 3.8) is 0 Å². The van der Waals surface area contributed by atoms with Gasteiger partial charge in [0.1, 0.15) is 0 Å². The van der Waals surface area contributed by atoms with Crippen LogP contribution in [0.3, 0.4) is 0 Å². The first-order valence-corrected chi connectivity index (χ1v) is 7.54. The number of benzene rings is 1. The summed E-state index contributed by atoms with van der Waals surface area (Å²) >= 11 is 0. The fourth-order valence-electron chi connectivity index (χ4n) is 3.04. The molecule has 0 atom stereocenters. The molecule has 1 heterocycles. The molecule has 0 N–H and O–H groups in total. The zero-order valence-corrected chi connectivity index (χ0v) is 12.7. The number of aromatic nitrogens is 1. The molecule has 0 aliphatic heterocycles. The first kappa shape index (κ1) is 14.0. The van der Waals surface area contributed by atoms with Crippen molar-refractivity contribution in [3.8, 4) is 0 Å². The van der Waals surface area contributed by atoms with Crippen molar-refractivity contribution >= 4 is 10.9 Å². The van der Waals surface area contributed by atoms with E-state index >= 15 is 0 Å². The molecule has 0 unspecified atom stereocenters. The van der Waals surface area contributed by atoms with Crippen LogP contribution in [0.4, 0.5) is 0 Å². The Balaban J connectivity index is 2.60. The number of pyridine rings is 1. The predicted octanol–water partition coefficient (Wildman–Crippen LogP) is 5.54. The van der Waals surface area contributed by atoms with E-state index in [1.165, 1.54) is 47.7 Å². The van der Waals surface area contributed by atoms with Crippen LogP contribution in [0.25, 0.3) is 10.9 Å². The van der Waals surface area contributed by atoms with Crippen molar-refractivity contribution in [2.45, 2.75) is 59.3 Å². The lowest BCUT2D eigenvalue weighted by atomic mass is 9.87. The maximum Gasteiger partial charge on any atom is 0.0737 e. The Morgan fingerprint density at radius 2 is 1.74 bits per heavy atom. The van der Waals surface area contributed by atoms with Gasteiger partial charge in [0.05, 0.1) is 5.52 Å². The Bertz CT molecular complexity index is 551. The maximum atomic E-state index is 4.74. The Kier molecular flexibility index (Phi) is 4.57. The zero-order valence-electron chi connectivity index (χ0n) is 12.7. The van der Waals surface area contributed by atoms with Crippen LogP contribution in [0.15, 0.2) is 24.3 Å². The van der Waals surface area contributed by atoms with E-state index in [4.69, 9.17) is 4.98 Å². The second-order valence-electron chi connectivity index (χ2n) is 5.60. The zero-order chi connectivity index (χ0) is 13.8. The molecule has 0 aliphatic rings. The van der Waals surface area contributed by atoms with Crippen LogP contribution in [0.2, 0.25) is 0 Å². The van der Waals surface area contributed by atoms with Crippen molar-refractivity contribution < 1.29 is 0 Å². The molecule has 1 heteroatoms. The number of hydrogen-bond donors (Lipinski definition) is 0. The number of nitrogens with zero attached hydrogens (tertiary/aromatic N) is 1. The van der Waals surface area contributed by atoms with Crippen LogP contribution in [-0.4, -0.2) is 4.98 Å². The molecular formula is C18H25N. The van der Waals surface area contributed by atoms with Crippen LogP contribution < -0.4 is 0 Å². The molecular weight excluding hydrogens is 230 g/mol. The van der Waals surface area contributed by atoms with Crippen molar-refractivity contribution in [2.24, 2.45) is 0 Å². The average molecular weight is 255 g/mol. The third kappa shape index (κ3) is 2.97. The van der Waals surface area contributed by atoms with E-state index in [0.29, 0.717) is 5.92 Å². The maximum absolute atomic E-state index is 4.74. The molecule has 0 saturated heterocycles. The van der Waals surface area contributed by atoms with Gasteiger partial charge in [-0.05, 0) is 49.8 Å². The Hall–Kier alpha value is -1.37. The molecule has 2 aromatic rings. The third-order valence-corrected chi connectivity index (χ3v) is 3.92. The standard InChI is InChI=1S/C18H25N/c1-5-8-15(9-6-2)17-12-14(4)19-18-13(3)10-7-11-16(17)18/h7,10-12,15H,5-6,8-9H2,1-4H3. The van der Waals surface area contributed by atoms with Gasteiger partial charge in [-0.25, -0.2) is 0 Å². The summed E-state index contributed by atoms with van der Waals surface area (Å²) in [5, 5.41) is 1.36. The van der Waals surface area contributed by atoms with E-state index in [1.54, 1.807) is 0 Å². The van der Waals surface area contributed by atoms with Gasteiger partial charge in [-0.3, -0.25) is 4.98 Å². The largest absolute Gasteiger partial charge is 0.253 e. The Labute approximate surface area is 117 Å². The molecule has 1 aromatic carbocycles. The molecule has 1 nitrogen and oxygen atoms in total. The first-order valence-electron chi connectivity index (χ1n) is 7.54. The number of fused-ring (bicyclic) bond motifs is 1. The minimum Gasteiger partial charge on any atom is -0.253 e. The molecule has 1 aromatic heterocycles. The number of para-hydroxylation sites is 1. The second kappa shape index (κ2) is 6.18. The fraction of sp³-hybridized carbons (Fsp3) is 0.500. The molecule has 0 fully saturated rings. The Morgan fingerprint density at radius 1 is 1.05 bits per heavy atom. The monoisotopic (exact) mass is 255 g/mol. The second-order valence-corrected chi connectivity index (χ2v) is 5.60. The summed E-state index contributed by atoms with van der Waals surface area (Å²) in [4.78, 5) is 4.74. The molecule has 0 bridgehead atoms. The van der Waals surface area contributed by atoms with E-state index in [0.717, 1.165) is 5.69 Å². The normalized spacial score (nSPS) is 11.4. The van der Waals surface area contributed by atoms with Crippen molar-refractivity contribution in [2.75, 3.05) is 0 Å². The molecule has 0 saturated carbocycles. The highest BCUT2D eigenvalue weighted by Crippen LogP contribution is 2.33. The van der Waals surface area contributed by atoms with Gasteiger partial charge in [0.15, 0.2) is 0 Å². The SMILES string of the molecule is CCCC(CCC)c1cc(C)nc2c(C)cccc12. The van der Waals surface area contributed by atoms with Gasteiger partial charge in [0, 0.05) is 11.1 Å². The molecule has 0 aliphatic carbocycles. The summed E-state index contributed by atoms with van der Waals surface area (Å²) in [7, 11) is 0. The highest BCUT2D eigenvalue weighted by molar-refractivity contribution is 5.85. The first-order chi connectivity index (χ1) is 9.17. The van der Waals surface area contributed by atoms with Crippen LogP contribution in [0.5, 0.6) is 0 Å². The van der Waals surface area contributed by atoms with Crippen molar-refractivity contribution in [1.82, 2.24) is 4.98 Å². The van der Waals surface area contributed by atoms with Crippen LogP contribution >= 0.6 is 0 Å². The fourth-order valence-corrected chi connectivity index (χ4v) is 3.04. The average Bonchev–Trinajstić information content (AvgIpc) is 2.39. The van der Waals surface area contributed by atoms with Crippen LogP contribution in [-0.2, 0) is 0 Å². The van der Waals surface area contributed by atoms with E-state index in [9.17, 15) is 0 Å². The minimum atomic E-state index is 0.681. The minimum absolute atomic E-state index is 0.681. The van der Waals surface area contributed by atoms with Gasteiger partial charge in [-0.15, -0.1) is 0 Å². The third-order valence-electron chi connectivity index (χ3n) is 3.92. The lowest BCUT2D eigenvalue weighted by Gasteiger charge is -2.19. The van der Waals surface area contributed by atoms with Gasteiger partial charge >= 0.3 is 0 Å².